The predicted molar refractivity (Wildman–Crippen MR) is 124 cm³/mol. The van der Waals surface area contributed by atoms with E-state index in [1.165, 1.54) is 18.2 Å². The molecule has 1 aromatic carbocycles. The molecule has 180 valence electrons. The molecule has 35 heavy (non-hydrogen) atoms. The van der Waals surface area contributed by atoms with Crippen LogP contribution in [0.2, 0.25) is 0 Å². The van der Waals surface area contributed by atoms with E-state index in [-0.39, 0.29) is 33.3 Å². The number of benzene rings is 1. The van der Waals surface area contributed by atoms with Crippen molar-refractivity contribution in [3.05, 3.63) is 65.6 Å². The van der Waals surface area contributed by atoms with Gasteiger partial charge in [0.25, 0.3) is 5.91 Å². The lowest BCUT2D eigenvalue weighted by molar-refractivity contribution is -0.141. The Morgan fingerprint density at radius 1 is 1.11 bits per heavy atom. The number of furan rings is 1. The minimum Gasteiger partial charge on any atom is -0.450 e. The summed E-state index contributed by atoms with van der Waals surface area (Å²) in [5, 5.41) is 12.4. The van der Waals surface area contributed by atoms with E-state index in [4.69, 9.17) is 4.42 Å². The second-order valence-corrected chi connectivity index (χ2v) is 8.99. The summed E-state index contributed by atoms with van der Waals surface area (Å²) in [7, 11) is 0. The van der Waals surface area contributed by atoms with Gasteiger partial charge < -0.3 is 9.73 Å². The first-order valence-electron chi connectivity index (χ1n) is 11.0. The fourth-order valence-corrected chi connectivity index (χ4v) is 4.47. The highest BCUT2D eigenvalue weighted by Gasteiger charge is 2.34. The summed E-state index contributed by atoms with van der Waals surface area (Å²) in [4.78, 5) is 20.4. The summed E-state index contributed by atoms with van der Waals surface area (Å²) in [5.41, 5.74) is -0.518. The van der Waals surface area contributed by atoms with Crippen molar-refractivity contribution in [1.29, 1.82) is 5.26 Å². The van der Waals surface area contributed by atoms with Gasteiger partial charge in [-0.2, -0.15) is 18.4 Å². The Morgan fingerprint density at radius 3 is 2.54 bits per heavy atom. The van der Waals surface area contributed by atoms with Crippen LogP contribution >= 0.6 is 11.8 Å². The second-order valence-electron chi connectivity index (χ2n) is 8.02. The van der Waals surface area contributed by atoms with Crippen molar-refractivity contribution >= 4 is 23.7 Å². The van der Waals surface area contributed by atoms with Crippen LogP contribution in [-0.4, -0.2) is 21.9 Å². The van der Waals surface area contributed by atoms with Gasteiger partial charge in [0.15, 0.2) is 10.2 Å². The van der Waals surface area contributed by atoms with Gasteiger partial charge in [-0.25, -0.2) is 9.97 Å². The molecule has 1 saturated carbocycles. The van der Waals surface area contributed by atoms with Gasteiger partial charge in [0.1, 0.15) is 23.1 Å². The third kappa shape index (κ3) is 6.51. The van der Waals surface area contributed by atoms with E-state index < -0.39 is 17.8 Å². The number of carbonyl (C=O) groups excluding carboxylic acids is 1. The Hall–Kier alpha value is -3.58. The predicted octanol–water partition coefficient (Wildman–Crippen LogP) is 6.26. The van der Waals surface area contributed by atoms with Gasteiger partial charge in [-0.3, -0.25) is 4.79 Å². The van der Waals surface area contributed by atoms with Crippen molar-refractivity contribution < 1.29 is 22.4 Å². The van der Waals surface area contributed by atoms with E-state index in [1.807, 2.05) is 6.07 Å². The summed E-state index contributed by atoms with van der Waals surface area (Å²) in [6.45, 7) is 0. The maximum atomic E-state index is 13.4. The van der Waals surface area contributed by atoms with Crippen LogP contribution in [0.4, 0.5) is 13.2 Å². The number of nitrogens with zero attached hydrogens (tertiary/aromatic N) is 3. The number of carbonyl (C=O) groups is 1. The van der Waals surface area contributed by atoms with Gasteiger partial charge in [0.2, 0.25) is 0 Å². The van der Waals surface area contributed by atoms with Crippen LogP contribution < -0.4 is 5.32 Å². The number of rotatable bonds is 6. The molecule has 0 radical (unpaired) electrons. The Balaban J connectivity index is 1.54. The number of nitriles is 1. The SMILES string of the molecule is N#C/C(=C\c1ccc(Sc2nc(-c3ccccc3)cc(C(F)(F)F)n2)o1)C(=O)NC1CCCCC1. The molecular formula is C25H21F3N4O2S. The van der Waals surface area contributed by atoms with Crippen molar-refractivity contribution in [3.63, 3.8) is 0 Å². The molecule has 0 bridgehead atoms. The molecule has 2 heterocycles. The monoisotopic (exact) mass is 498 g/mol. The van der Waals surface area contributed by atoms with E-state index in [1.54, 1.807) is 30.3 Å². The Labute approximate surface area is 204 Å². The van der Waals surface area contributed by atoms with Gasteiger partial charge >= 0.3 is 6.18 Å². The van der Waals surface area contributed by atoms with E-state index in [0.29, 0.717) is 5.56 Å². The molecule has 3 aromatic rings. The Kier molecular flexibility index (Phi) is 7.56. The van der Waals surface area contributed by atoms with Gasteiger partial charge in [-0.15, -0.1) is 0 Å². The average Bonchev–Trinajstić information content (AvgIpc) is 3.29. The number of nitrogens with one attached hydrogen (secondary N) is 1. The lowest BCUT2D eigenvalue weighted by atomic mass is 9.95. The number of amides is 1. The molecule has 1 aliphatic carbocycles. The lowest BCUT2D eigenvalue weighted by Gasteiger charge is -2.22. The maximum Gasteiger partial charge on any atom is 0.433 e. The summed E-state index contributed by atoms with van der Waals surface area (Å²) in [5.74, 6) is -0.253. The van der Waals surface area contributed by atoms with Crippen LogP contribution in [0.5, 0.6) is 0 Å². The quantitative estimate of drug-likeness (QED) is 0.245. The van der Waals surface area contributed by atoms with Crippen molar-refractivity contribution in [2.45, 2.75) is 54.6 Å². The maximum absolute atomic E-state index is 13.4. The molecule has 4 rings (SSSR count). The van der Waals surface area contributed by atoms with Crippen LogP contribution in [0.15, 0.2) is 68.8 Å². The minimum atomic E-state index is -4.65. The Bertz CT molecular complexity index is 1260. The number of hydrogen-bond donors (Lipinski definition) is 1. The molecule has 0 aliphatic heterocycles. The van der Waals surface area contributed by atoms with E-state index >= 15 is 0 Å². The summed E-state index contributed by atoms with van der Waals surface area (Å²) >= 11 is 0.817. The minimum absolute atomic E-state index is 0.0487. The van der Waals surface area contributed by atoms with Gasteiger partial charge in [-0.1, -0.05) is 49.6 Å². The van der Waals surface area contributed by atoms with Crippen LogP contribution in [0.1, 0.15) is 43.6 Å². The number of alkyl halides is 3. The van der Waals surface area contributed by atoms with Crippen LogP contribution in [0.25, 0.3) is 17.3 Å². The Morgan fingerprint density at radius 2 is 1.86 bits per heavy atom. The lowest BCUT2D eigenvalue weighted by Crippen LogP contribution is -2.36. The fraction of sp³-hybridized carbons (Fsp3) is 0.280. The smallest absolute Gasteiger partial charge is 0.433 e. The average molecular weight is 499 g/mol. The third-order valence-corrected chi connectivity index (χ3v) is 6.24. The zero-order chi connectivity index (χ0) is 24.8. The molecule has 10 heteroatoms. The first-order valence-corrected chi connectivity index (χ1v) is 11.9. The van der Waals surface area contributed by atoms with Gasteiger partial charge in [0.05, 0.1) is 5.69 Å². The fourth-order valence-electron chi connectivity index (χ4n) is 3.73. The van der Waals surface area contributed by atoms with Crippen molar-refractivity contribution in [2.75, 3.05) is 0 Å². The van der Waals surface area contributed by atoms with Crippen molar-refractivity contribution in [1.82, 2.24) is 15.3 Å². The third-order valence-electron chi connectivity index (χ3n) is 5.45. The second kappa shape index (κ2) is 10.8. The summed E-state index contributed by atoms with van der Waals surface area (Å²) in [6.07, 6.45) is 1.65. The summed E-state index contributed by atoms with van der Waals surface area (Å²) in [6, 6.07) is 14.4. The number of halogens is 3. The van der Waals surface area contributed by atoms with E-state index in [0.717, 1.165) is 49.9 Å². The summed E-state index contributed by atoms with van der Waals surface area (Å²) < 4.78 is 45.9. The largest absolute Gasteiger partial charge is 0.450 e. The molecule has 1 fully saturated rings. The molecular weight excluding hydrogens is 477 g/mol. The van der Waals surface area contributed by atoms with Crippen molar-refractivity contribution in [3.8, 4) is 17.3 Å². The van der Waals surface area contributed by atoms with Gasteiger partial charge in [-0.05, 0) is 42.8 Å². The van der Waals surface area contributed by atoms with Crippen LogP contribution in [0.3, 0.4) is 0 Å². The molecule has 1 N–H and O–H groups in total. The highest BCUT2D eigenvalue weighted by atomic mass is 32.2. The molecule has 6 nitrogen and oxygen atoms in total. The number of aromatic nitrogens is 2. The number of hydrogen-bond acceptors (Lipinski definition) is 6. The van der Waals surface area contributed by atoms with E-state index in [2.05, 4.69) is 15.3 Å². The zero-order valence-corrected chi connectivity index (χ0v) is 19.3. The topological polar surface area (TPSA) is 91.8 Å². The molecule has 0 saturated heterocycles. The molecule has 1 aliphatic rings. The first kappa shape index (κ1) is 24.5. The molecule has 0 spiro atoms. The van der Waals surface area contributed by atoms with Crippen LogP contribution in [0, 0.1) is 11.3 Å². The highest BCUT2D eigenvalue weighted by molar-refractivity contribution is 7.99. The normalized spacial score (nSPS) is 15.0. The molecule has 0 unspecified atom stereocenters. The van der Waals surface area contributed by atoms with Crippen LogP contribution in [-0.2, 0) is 11.0 Å². The molecule has 1 amide bonds. The van der Waals surface area contributed by atoms with Crippen molar-refractivity contribution in [2.24, 2.45) is 0 Å². The highest BCUT2D eigenvalue weighted by Crippen LogP contribution is 2.34. The zero-order valence-electron chi connectivity index (χ0n) is 18.5. The standard InChI is InChI=1S/C25H21F3N4O2S/c26-25(27,28)21-14-20(16-7-3-1-4-8-16)31-24(32-21)35-22-12-11-19(34-22)13-17(15-29)23(33)30-18-9-5-2-6-10-18/h1,3-4,7-8,11-14,18H,2,5-6,9-10H2,(H,30,33)/b17-13+. The molecule has 0 atom stereocenters. The van der Waals surface area contributed by atoms with E-state index in [9.17, 15) is 23.2 Å². The molecule has 2 aromatic heterocycles. The van der Waals surface area contributed by atoms with Gasteiger partial charge in [0, 0.05) is 17.7 Å². The first-order chi connectivity index (χ1) is 16.8.